The van der Waals surface area contributed by atoms with Gasteiger partial charge in [0.15, 0.2) is 6.61 Å². The summed E-state index contributed by atoms with van der Waals surface area (Å²) in [6, 6.07) is 13.4. The van der Waals surface area contributed by atoms with Crippen LogP contribution in [-0.4, -0.2) is 37.1 Å². The largest absolute Gasteiger partial charge is 0.494 e. The summed E-state index contributed by atoms with van der Waals surface area (Å²) in [7, 11) is 0. The first kappa shape index (κ1) is 22.4. The third-order valence-corrected chi connectivity index (χ3v) is 3.70. The molecule has 9 nitrogen and oxygen atoms in total. The van der Waals surface area contributed by atoms with Gasteiger partial charge in [-0.3, -0.25) is 14.4 Å². The van der Waals surface area contributed by atoms with Crippen LogP contribution in [0.4, 0.5) is 5.69 Å². The third kappa shape index (κ3) is 8.01. The Kier molecular flexibility index (Phi) is 8.85. The van der Waals surface area contributed by atoms with E-state index in [-0.39, 0.29) is 6.61 Å². The number of hydrogen-bond donors (Lipinski definition) is 3. The fourth-order valence-corrected chi connectivity index (χ4v) is 2.21. The monoisotopic (exact) mass is 412 g/mol. The highest BCUT2D eigenvalue weighted by Gasteiger charge is 2.12. The van der Waals surface area contributed by atoms with E-state index in [9.17, 15) is 14.4 Å². The fraction of sp³-hybridized carbons (Fsp3) is 0.238. The Morgan fingerprint density at radius 2 is 1.80 bits per heavy atom. The summed E-state index contributed by atoms with van der Waals surface area (Å²) in [5.74, 6) is -1.26. The molecular formula is C21H24N4O5. The van der Waals surface area contributed by atoms with Gasteiger partial charge in [-0.15, -0.1) is 0 Å². The Hall–Kier alpha value is -3.88. The van der Waals surface area contributed by atoms with Gasteiger partial charge in [0.05, 0.1) is 12.8 Å². The molecule has 0 aliphatic carbocycles. The molecule has 3 amide bonds. The molecule has 0 saturated carbocycles. The zero-order chi connectivity index (χ0) is 21.8. The molecule has 0 unspecified atom stereocenters. The molecular weight excluding hydrogens is 388 g/mol. The minimum Gasteiger partial charge on any atom is -0.494 e. The van der Waals surface area contributed by atoms with Gasteiger partial charge in [-0.2, -0.15) is 5.10 Å². The Balaban J connectivity index is 1.82. The number of hydrogen-bond acceptors (Lipinski definition) is 6. The average Bonchev–Trinajstić information content (AvgIpc) is 2.74. The van der Waals surface area contributed by atoms with E-state index >= 15 is 0 Å². The lowest BCUT2D eigenvalue weighted by Crippen LogP contribution is -2.32. The molecule has 0 fully saturated rings. The number of nitrogens with two attached hydrogens (primary N) is 1. The van der Waals surface area contributed by atoms with Crippen molar-refractivity contribution in [2.45, 2.75) is 19.8 Å². The second-order valence-corrected chi connectivity index (χ2v) is 6.21. The molecule has 2 aromatic carbocycles. The summed E-state index contributed by atoms with van der Waals surface area (Å²) in [4.78, 5) is 34.6. The van der Waals surface area contributed by atoms with Crippen molar-refractivity contribution in [3.05, 3.63) is 54.1 Å². The molecule has 0 heterocycles. The van der Waals surface area contributed by atoms with Gasteiger partial charge in [0, 0.05) is 5.69 Å². The van der Waals surface area contributed by atoms with E-state index in [4.69, 9.17) is 15.2 Å². The van der Waals surface area contributed by atoms with Crippen LogP contribution in [0.5, 0.6) is 11.5 Å². The van der Waals surface area contributed by atoms with E-state index in [1.165, 1.54) is 6.21 Å². The van der Waals surface area contributed by atoms with Crippen molar-refractivity contribution >= 4 is 29.6 Å². The minimum absolute atomic E-state index is 0.247. The first-order chi connectivity index (χ1) is 14.5. The van der Waals surface area contributed by atoms with E-state index in [0.717, 1.165) is 12.8 Å². The number of anilines is 1. The van der Waals surface area contributed by atoms with Crippen LogP contribution >= 0.6 is 0 Å². The number of amides is 3. The summed E-state index contributed by atoms with van der Waals surface area (Å²) >= 11 is 0. The van der Waals surface area contributed by atoms with Gasteiger partial charge >= 0.3 is 11.8 Å². The molecule has 4 N–H and O–H groups in total. The van der Waals surface area contributed by atoms with Crippen LogP contribution in [0.2, 0.25) is 0 Å². The maximum atomic E-state index is 12.0. The standard InChI is InChI=1S/C21H24N4O5/c1-2-3-11-29-17-9-7-16(8-10-17)24-20(27)21(28)25-23-13-15-5-4-6-18(12-15)30-14-19(22)26/h4-10,12-13H,2-3,11,14H2,1H3,(H2,22,26)(H,24,27)(H,25,28)/b23-13-. The highest BCUT2D eigenvalue weighted by Crippen LogP contribution is 2.16. The van der Waals surface area contributed by atoms with Crippen LogP contribution in [0, 0.1) is 0 Å². The van der Waals surface area contributed by atoms with E-state index in [1.807, 2.05) is 0 Å². The van der Waals surface area contributed by atoms with Crippen molar-refractivity contribution in [3.63, 3.8) is 0 Å². The molecule has 0 radical (unpaired) electrons. The van der Waals surface area contributed by atoms with Crippen molar-refractivity contribution in [2.75, 3.05) is 18.5 Å². The number of hydrazone groups is 1. The lowest BCUT2D eigenvalue weighted by atomic mass is 10.2. The summed E-state index contributed by atoms with van der Waals surface area (Å²) in [6.07, 6.45) is 3.34. The van der Waals surface area contributed by atoms with Gasteiger partial charge in [-0.05, 0) is 48.4 Å². The highest BCUT2D eigenvalue weighted by atomic mass is 16.5. The van der Waals surface area contributed by atoms with E-state index in [2.05, 4.69) is 22.8 Å². The second-order valence-electron chi connectivity index (χ2n) is 6.21. The number of nitrogens with one attached hydrogen (secondary N) is 2. The Morgan fingerprint density at radius 3 is 2.50 bits per heavy atom. The quantitative estimate of drug-likeness (QED) is 0.237. The van der Waals surface area contributed by atoms with Gasteiger partial charge in [-0.25, -0.2) is 5.43 Å². The van der Waals surface area contributed by atoms with Crippen molar-refractivity contribution in [1.82, 2.24) is 5.43 Å². The van der Waals surface area contributed by atoms with Crippen LogP contribution in [0.3, 0.4) is 0 Å². The smallest absolute Gasteiger partial charge is 0.329 e. The third-order valence-electron chi connectivity index (χ3n) is 3.70. The molecule has 158 valence electrons. The first-order valence-electron chi connectivity index (χ1n) is 9.36. The lowest BCUT2D eigenvalue weighted by molar-refractivity contribution is -0.136. The SMILES string of the molecule is CCCCOc1ccc(NC(=O)C(=O)N/N=C\c2cccc(OCC(N)=O)c2)cc1. The molecule has 9 heteroatoms. The van der Waals surface area contributed by atoms with Crippen LogP contribution in [0.15, 0.2) is 53.6 Å². The molecule has 0 atom stereocenters. The summed E-state index contributed by atoms with van der Waals surface area (Å²) in [5, 5.41) is 6.22. The zero-order valence-electron chi connectivity index (χ0n) is 16.6. The van der Waals surface area contributed by atoms with Crippen molar-refractivity contribution in [2.24, 2.45) is 10.8 Å². The topological polar surface area (TPSA) is 132 Å². The molecule has 0 aliphatic heterocycles. The molecule has 0 spiro atoms. The molecule has 0 aliphatic rings. The molecule has 2 aromatic rings. The van der Waals surface area contributed by atoms with Gasteiger partial charge < -0.3 is 20.5 Å². The number of rotatable bonds is 10. The Bertz CT molecular complexity index is 897. The summed E-state index contributed by atoms with van der Waals surface area (Å²) < 4.78 is 10.7. The van der Waals surface area contributed by atoms with Crippen molar-refractivity contribution in [3.8, 4) is 11.5 Å². The average molecular weight is 412 g/mol. The summed E-state index contributed by atoms with van der Waals surface area (Å²) in [5.41, 5.74) is 8.22. The van der Waals surface area contributed by atoms with E-state index in [0.29, 0.717) is 29.4 Å². The van der Waals surface area contributed by atoms with Gasteiger partial charge in [0.2, 0.25) is 0 Å². The number of benzene rings is 2. The van der Waals surface area contributed by atoms with Crippen LogP contribution < -0.4 is 25.9 Å². The maximum absolute atomic E-state index is 12.0. The van der Waals surface area contributed by atoms with Crippen molar-refractivity contribution in [1.29, 1.82) is 0 Å². The summed E-state index contributed by atoms with van der Waals surface area (Å²) in [6.45, 7) is 2.46. The normalized spacial score (nSPS) is 10.4. The second kappa shape index (κ2) is 11.8. The number of nitrogens with zero attached hydrogens (tertiary/aromatic N) is 1. The van der Waals surface area contributed by atoms with Crippen LogP contribution in [0.25, 0.3) is 0 Å². The predicted octanol–water partition coefficient (Wildman–Crippen LogP) is 1.82. The van der Waals surface area contributed by atoms with Gasteiger partial charge in [0.1, 0.15) is 11.5 Å². The molecule has 0 bridgehead atoms. The van der Waals surface area contributed by atoms with Crippen LogP contribution in [0.1, 0.15) is 25.3 Å². The lowest BCUT2D eigenvalue weighted by Gasteiger charge is -2.07. The number of unbranched alkanes of at least 4 members (excludes halogenated alkanes) is 1. The molecule has 30 heavy (non-hydrogen) atoms. The van der Waals surface area contributed by atoms with E-state index in [1.54, 1.807) is 48.5 Å². The number of ether oxygens (including phenoxy) is 2. The highest BCUT2D eigenvalue weighted by molar-refractivity contribution is 6.39. The van der Waals surface area contributed by atoms with Gasteiger partial charge in [-0.1, -0.05) is 25.5 Å². The van der Waals surface area contributed by atoms with Crippen molar-refractivity contribution < 1.29 is 23.9 Å². The fourth-order valence-electron chi connectivity index (χ4n) is 2.21. The number of carbonyl (C=O) groups excluding carboxylic acids is 3. The Morgan fingerprint density at radius 1 is 1.03 bits per heavy atom. The minimum atomic E-state index is -0.921. The molecule has 0 aromatic heterocycles. The maximum Gasteiger partial charge on any atom is 0.329 e. The number of primary amides is 1. The van der Waals surface area contributed by atoms with Gasteiger partial charge in [0.25, 0.3) is 5.91 Å². The number of carbonyl (C=O) groups is 3. The van der Waals surface area contributed by atoms with Crippen LogP contribution in [-0.2, 0) is 14.4 Å². The molecule has 0 saturated heterocycles. The molecule has 2 rings (SSSR count). The van der Waals surface area contributed by atoms with E-state index < -0.39 is 17.7 Å². The first-order valence-corrected chi connectivity index (χ1v) is 9.36. The predicted molar refractivity (Wildman–Crippen MR) is 112 cm³/mol. The zero-order valence-corrected chi connectivity index (χ0v) is 16.6. The Labute approximate surface area is 174 Å².